The molecule has 0 atom stereocenters. The number of thiazole rings is 2. The molecule has 1 amide bonds. The van der Waals surface area contributed by atoms with E-state index in [9.17, 15) is 27.2 Å². The topological polar surface area (TPSA) is 169 Å². The number of carbonyl (C=O) groups is 2. The average Bonchev–Trinajstić information content (AvgIpc) is 4.02. The van der Waals surface area contributed by atoms with Gasteiger partial charge in [-0.25, -0.2) is 32.3 Å². The van der Waals surface area contributed by atoms with Crippen LogP contribution in [-0.2, 0) is 9.47 Å². The molecule has 0 bridgehead atoms. The molecule has 6 aromatic rings. The summed E-state index contributed by atoms with van der Waals surface area (Å²) >= 11 is 4.64. The Hall–Kier alpha value is -5.06. The number of nitrogens with one attached hydrogen (secondary N) is 1. The molecule has 2 aliphatic heterocycles. The second kappa shape index (κ2) is 22.2. The van der Waals surface area contributed by atoms with Gasteiger partial charge in [-0.05, 0) is 47.3 Å². The lowest BCUT2D eigenvalue weighted by Gasteiger charge is -2.27. The van der Waals surface area contributed by atoms with Crippen LogP contribution < -0.4 is 20.9 Å². The van der Waals surface area contributed by atoms with Gasteiger partial charge in [-0.15, -0.1) is 22.7 Å². The van der Waals surface area contributed by atoms with Crippen LogP contribution in [0.4, 0.5) is 38.9 Å². The first-order valence-corrected chi connectivity index (χ1v) is 19.6. The number of rotatable bonds is 7. The number of carboxylic acid groups (broad SMARTS) is 1. The molecule has 21 heteroatoms. The summed E-state index contributed by atoms with van der Waals surface area (Å²) in [5.41, 5.74) is 6.45. The zero-order valence-corrected chi connectivity index (χ0v) is 31.7. The largest absolute Gasteiger partial charge is 0.476 e. The van der Waals surface area contributed by atoms with Gasteiger partial charge in [0, 0.05) is 36.9 Å². The molecule has 13 nitrogen and oxygen atoms in total. The Morgan fingerprint density at radius 3 is 1.57 bits per heavy atom. The normalized spacial score (nSPS) is 13.3. The number of benzene rings is 2. The summed E-state index contributed by atoms with van der Waals surface area (Å²) in [6, 6.07) is 7.03. The third-order valence-electron chi connectivity index (χ3n) is 7.79. The Morgan fingerprint density at radius 1 is 0.690 bits per heavy atom. The van der Waals surface area contributed by atoms with Gasteiger partial charge >= 0.3 is 5.97 Å². The first kappa shape index (κ1) is 47.3. The van der Waals surface area contributed by atoms with Gasteiger partial charge in [0.05, 0.1) is 61.3 Å². The molecule has 0 saturated carbocycles. The van der Waals surface area contributed by atoms with Crippen molar-refractivity contribution in [2.45, 2.75) is 22.3 Å². The maximum atomic E-state index is 13.9. The summed E-state index contributed by atoms with van der Waals surface area (Å²) < 4.78 is 73.2. The molecule has 2 aliphatic rings. The van der Waals surface area contributed by atoms with Gasteiger partial charge in [0.1, 0.15) is 49.0 Å². The van der Waals surface area contributed by atoms with Crippen LogP contribution in [0.1, 0.15) is 43.3 Å². The van der Waals surface area contributed by atoms with E-state index in [1.165, 1.54) is 46.0 Å². The van der Waals surface area contributed by atoms with Crippen molar-refractivity contribution in [2.75, 3.05) is 73.5 Å². The number of ether oxygens (including phenoxy) is 2. The Labute approximate surface area is 349 Å². The summed E-state index contributed by atoms with van der Waals surface area (Å²) in [7, 11) is 0. The molecular formula is C37H42F4N8O5S4. The van der Waals surface area contributed by atoms with Gasteiger partial charge < -0.3 is 35.4 Å². The van der Waals surface area contributed by atoms with Crippen LogP contribution in [0.2, 0.25) is 0 Å². The van der Waals surface area contributed by atoms with E-state index >= 15 is 0 Å². The van der Waals surface area contributed by atoms with Crippen LogP contribution in [-0.4, -0.2) is 88.3 Å². The zero-order valence-electron chi connectivity index (χ0n) is 28.4. The van der Waals surface area contributed by atoms with Gasteiger partial charge in [0.15, 0.2) is 5.69 Å². The predicted molar refractivity (Wildman–Crippen MR) is 225 cm³/mol. The summed E-state index contributed by atoms with van der Waals surface area (Å²) in [6.07, 6.45) is 3.28. The fraction of sp³-hybridized carbons (Fsp3) is 0.297. The fourth-order valence-corrected chi connectivity index (χ4v) is 8.30. The molecule has 0 aliphatic carbocycles. The molecule has 0 spiro atoms. The van der Waals surface area contributed by atoms with E-state index in [1.54, 1.807) is 12.4 Å². The van der Waals surface area contributed by atoms with E-state index in [2.05, 4.69) is 33.8 Å². The average molecular weight is 883 g/mol. The van der Waals surface area contributed by atoms with E-state index in [0.29, 0.717) is 18.9 Å². The van der Waals surface area contributed by atoms with Gasteiger partial charge in [0.25, 0.3) is 5.91 Å². The van der Waals surface area contributed by atoms with Gasteiger partial charge in [-0.1, -0.05) is 34.4 Å². The van der Waals surface area contributed by atoms with Crippen LogP contribution in [0.15, 0.2) is 59.6 Å². The Balaban J connectivity index is 0.000000248. The third-order valence-corrected chi connectivity index (χ3v) is 11.2. The lowest BCUT2D eigenvalue weighted by atomic mass is 10.2. The molecular weight excluding hydrogens is 841 g/mol. The number of morpholine rings is 2. The molecule has 4 aromatic heterocycles. The summed E-state index contributed by atoms with van der Waals surface area (Å²) in [5, 5.41) is 16.2. The SMILES string of the molecule is C.C.C.Nc1cnsc1N1CCOCC1.O=C(Nc1cnsc1N1CCOCC1)c1csc(-c2c(F)cccc2F)n1.O=C(O)c1csc(-c2c(F)cccc2F)n1. The molecule has 0 unspecified atom stereocenters. The molecule has 2 fully saturated rings. The molecule has 312 valence electrons. The van der Waals surface area contributed by atoms with Crippen molar-refractivity contribution in [3.63, 3.8) is 0 Å². The highest BCUT2D eigenvalue weighted by molar-refractivity contribution is 7.13. The molecule has 6 heterocycles. The number of amides is 1. The number of hydrogen-bond donors (Lipinski definition) is 3. The lowest BCUT2D eigenvalue weighted by Crippen LogP contribution is -2.36. The number of carboxylic acids is 1. The van der Waals surface area contributed by atoms with Crippen molar-refractivity contribution in [3.8, 4) is 21.1 Å². The highest BCUT2D eigenvalue weighted by atomic mass is 32.1. The van der Waals surface area contributed by atoms with Crippen molar-refractivity contribution in [1.29, 1.82) is 0 Å². The second-order valence-corrected chi connectivity index (χ2v) is 14.6. The maximum Gasteiger partial charge on any atom is 0.355 e. The van der Waals surface area contributed by atoms with E-state index in [0.717, 1.165) is 102 Å². The molecule has 2 aromatic carbocycles. The van der Waals surface area contributed by atoms with Gasteiger partial charge in [-0.2, -0.15) is 8.75 Å². The minimum absolute atomic E-state index is 0. The summed E-state index contributed by atoms with van der Waals surface area (Å²) in [4.78, 5) is 35.2. The summed E-state index contributed by atoms with van der Waals surface area (Å²) in [6.45, 7) is 6.11. The molecule has 58 heavy (non-hydrogen) atoms. The minimum atomic E-state index is -1.22. The number of carbonyl (C=O) groups excluding carboxylic acids is 1. The van der Waals surface area contributed by atoms with Crippen LogP contribution >= 0.6 is 45.7 Å². The number of halogens is 4. The Morgan fingerprint density at radius 2 is 1.12 bits per heavy atom. The quantitative estimate of drug-likeness (QED) is 0.130. The van der Waals surface area contributed by atoms with Crippen LogP contribution in [0, 0.1) is 23.3 Å². The number of aromatic nitrogens is 4. The van der Waals surface area contributed by atoms with Crippen molar-refractivity contribution in [2.24, 2.45) is 0 Å². The lowest BCUT2D eigenvalue weighted by molar-refractivity contribution is 0.0691. The number of nitrogens with two attached hydrogens (primary N) is 1. The van der Waals surface area contributed by atoms with E-state index in [-0.39, 0.29) is 54.8 Å². The standard InChI is InChI=1S/C17H14F2N4O2S2.C10H5F2NO2S.C7H11N3OS.3CH4/c18-10-2-1-3-11(19)14(10)16-22-13(9-26-16)15(24)21-12-8-20-27-17(12)23-4-6-25-7-5-23;11-5-2-1-3-6(12)8(5)9-13-7(4-16-9)10(14)15;8-6-5-9-12-7(6)10-1-3-11-4-2-10;;;/h1-3,8-9H,4-7H2,(H,21,24);1-4H,(H,14,15);5H,1-4,8H2;3*1H4. The first-order valence-electron chi connectivity index (χ1n) is 16.2. The van der Waals surface area contributed by atoms with Crippen LogP contribution in [0.5, 0.6) is 0 Å². The van der Waals surface area contributed by atoms with Gasteiger partial charge in [0.2, 0.25) is 0 Å². The van der Waals surface area contributed by atoms with Gasteiger partial charge in [-0.3, -0.25) is 4.79 Å². The summed E-state index contributed by atoms with van der Waals surface area (Å²) in [5.74, 6) is -4.62. The Kier molecular flexibility index (Phi) is 18.1. The molecule has 2 saturated heterocycles. The van der Waals surface area contributed by atoms with E-state index < -0.39 is 35.1 Å². The zero-order chi connectivity index (χ0) is 38.9. The highest BCUT2D eigenvalue weighted by Crippen LogP contribution is 2.33. The third kappa shape index (κ3) is 11.5. The monoisotopic (exact) mass is 882 g/mol. The minimum Gasteiger partial charge on any atom is -0.476 e. The fourth-order valence-electron chi connectivity index (χ4n) is 5.13. The van der Waals surface area contributed by atoms with Crippen molar-refractivity contribution < 1.29 is 41.7 Å². The molecule has 0 radical (unpaired) electrons. The molecule has 8 rings (SSSR count). The maximum absolute atomic E-state index is 13.9. The van der Waals surface area contributed by atoms with Crippen molar-refractivity contribution in [1.82, 2.24) is 18.7 Å². The molecule has 4 N–H and O–H groups in total. The van der Waals surface area contributed by atoms with E-state index in [4.69, 9.17) is 20.3 Å². The number of nitrogen functional groups attached to an aromatic ring is 1. The Bertz CT molecular complexity index is 2200. The number of hydrogen-bond acceptors (Lipinski definition) is 15. The van der Waals surface area contributed by atoms with Crippen molar-refractivity contribution >= 4 is 79.0 Å². The number of anilines is 4. The highest BCUT2D eigenvalue weighted by Gasteiger charge is 2.22. The second-order valence-electron chi connectivity index (χ2n) is 11.4. The van der Waals surface area contributed by atoms with E-state index in [1.807, 2.05) is 0 Å². The van der Waals surface area contributed by atoms with Crippen LogP contribution in [0.3, 0.4) is 0 Å². The first-order chi connectivity index (χ1) is 26.6. The number of aromatic carboxylic acids is 1. The predicted octanol–water partition coefficient (Wildman–Crippen LogP) is 8.89. The van der Waals surface area contributed by atoms with Crippen LogP contribution in [0.25, 0.3) is 21.1 Å². The number of nitrogens with zero attached hydrogens (tertiary/aromatic N) is 6. The smallest absolute Gasteiger partial charge is 0.355 e. The van der Waals surface area contributed by atoms with Crippen molar-refractivity contribution in [3.05, 3.63) is 94.2 Å².